The van der Waals surface area contributed by atoms with E-state index in [9.17, 15) is 22.8 Å². The summed E-state index contributed by atoms with van der Waals surface area (Å²) in [6, 6.07) is 16.2. The molecule has 3 aromatic rings. The van der Waals surface area contributed by atoms with Crippen LogP contribution >= 0.6 is 0 Å². The molecule has 4 rings (SSSR count). The minimum absolute atomic E-state index is 0.0887. The molecule has 0 N–H and O–H groups in total. The first-order valence-corrected chi connectivity index (χ1v) is 14.5. The zero-order valence-electron chi connectivity index (χ0n) is 26.8. The molecule has 3 aromatic carbocycles. The van der Waals surface area contributed by atoms with Crippen molar-refractivity contribution in [1.82, 2.24) is 0 Å². The Morgan fingerprint density at radius 2 is 1.43 bits per heavy atom. The van der Waals surface area contributed by atoms with Crippen LogP contribution in [0.2, 0.25) is 0 Å². The Morgan fingerprint density at radius 1 is 0.830 bits per heavy atom. The molecule has 0 saturated carbocycles. The molecule has 5 atom stereocenters. The van der Waals surface area contributed by atoms with Gasteiger partial charge in [0.05, 0.1) is 47.8 Å². The monoisotopic (exact) mass is 662 g/mol. The van der Waals surface area contributed by atoms with Crippen LogP contribution in [0.5, 0.6) is 23.0 Å². The van der Waals surface area contributed by atoms with Gasteiger partial charge in [-0.05, 0) is 35.4 Å². The van der Waals surface area contributed by atoms with Gasteiger partial charge in [-0.1, -0.05) is 42.5 Å². The smallest absolute Gasteiger partial charge is 0.432 e. The van der Waals surface area contributed by atoms with Gasteiger partial charge in [0.1, 0.15) is 6.10 Å². The van der Waals surface area contributed by atoms with Gasteiger partial charge in [-0.15, -0.1) is 0 Å². The summed E-state index contributed by atoms with van der Waals surface area (Å²) in [5, 5.41) is 0. The van der Waals surface area contributed by atoms with E-state index >= 15 is 0 Å². The first-order chi connectivity index (χ1) is 22.4. The third kappa shape index (κ3) is 7.10. The Morgan fingerprint density at radius 3 is 1.98 bits per heavy atom. The molecule has 1 saturated heterocycles. The molecule has 0 aromatic heterocycles. The summed E-state index contributed by atoms with van der Waals surface area (Å²) in [6.07, 6.45) is -7.33. The number of benzene rings is 3. The topological polar surface area (TPSA) is 108 Å². The van der Waals surface area contributed by atoms with Crippen LogP contribution in [-0.2, 0) is 34.1 Å². The third-order valence-electron chi connectivity index (χ3n) is 8.15. The zero-order chi connectivity index (χ0) is 34.4. The number of hydrogen-bond donors (Lipinski definition) is 0. The molecule has 0 bridgehead atoms. The fraction of sp³-hybridized carbons (Fsp3) is 0.412. The molecule has 1 heterocycles. The van der Waals surface area contributed by atoms with Gasteiger partial charge in [-0.25, -0.2) is 4.79 Å². The lowest BCUT2D eigenvalue weighted by molar-refractivity contribution is -0.279. The van der Waals surface area contributed by atoms with E-state index in [-0.39, 0.29) is 24.5 Å². The highest BCUT2D eigenvalue weighted by Gasteiger charge is 2.64. The highest BCUT2D eigenvalue weighted by Crippen LogP contribution is 2.50. The number of carbonyl (C=O) groups excluding carboxylic acids is 2. The Labute approximate surface area is 270 Å². The van der Waals surface area contributed by atoms with Crippen molar-refractivity contribution in [3.8, 4) is 23.0 Å². The van der Waals surface area contributed by atoms with E-state index in [4.69, 9.17) is 37.9 Å². The largest absolute Gasteiger partial charge is 0.493 e. The van der Waals surface area contributed by atoms with Crippen LogP contribution in [0, 0.1) is 11.8 Å². The van der Waals surface area contributed by atoms with Crippen LogP contribution in [0.4, 0.5) is 13.2 Å². The molecular formula is C34H37F3O10. The maximum absolute atomic E-state index is 14.9. The second kappa shape index (κ2) is 14.9. The lowest BCUT2D eigenvalue weighted by Gasteiger charge is -2.36. The third-order valence-corrected chi connectivity index (χ3v) is 8.15. The average Bonchev–Trinajstić information content (AvgIpc) is 3.49. The number of esters is 2. The maximum Gasteiger partial charge on any atom is 0.432 e. The molecule has 1 aliphatic rings. The molecule has 10 nitrogen and oxygen atoms in total. The van der Waals surface area contributed by atoms with Gasteiger partial charge >= 0.3 is 18.1 Å². The Kier molecular flexibility index (Phi) is 11.2. The molecule has 0 amide bonds. The van der Waals surface area contributed by atoms with Crippen molar-refractivity contribution in [3.63, 3.8) is 0 Å². The average molecular weight is 663 g/mol. The summed E-state index contributed by atoms with van der Waals surface area (Å²) in [7, 11) is 6.58. The van der Waals surface area contributed by atoms with E-state index in [0.717, 1.165) is 19.2 Å². The van der Waals surface area contributed by atoms with Crippen molar-refractivity contribution in [1.29, 1.82) is 0 Å². The second-order valence-electron chi connectivity index (χ2n) is 10.7. The predicted octanol–water partition coefficient (Wildman–Crippen LogP) is 5.98. The van der Waals surface area contributed by atoms with Crippen molar-refractivity contribution < 1.29 is 60.7 Å². The minimum Gasteiger partial charge on any atom is -0.493 e. The quantitative estimate of drug-likeness (QED) is 0.203. The van der Waals surface area contributed by atoms with Gasteiger partial charge in [0.25, 0.3) is 5.60 Å². The van der Waals surface area contributed by atoms with Crippen molar-refractivity contribution in [2.24, 2.45) is 11.8 Å². The van der Waals surface area contributed by atoms with E-state index in [2.05, 4.69) is 0 Å². The maximum atomic E-state index is 14.9. The lowest BCUT2D eigenvalue weighted by atomic mass is 9.81. The number of ether oxygens (including phenoxy) is 8. The summed E-state index contributed by atoms with van der Waals surface area (Å²) < 4.78 is 88.8. The van der Waals surface area contributed by atoms with E-state index < -0.39 is 53.3 Å². The summed E-state index contributed by atoms with van der Waals surface area (Å²) in [6.45, 7) is 0.945. The van der Waals surface area contributed by atoms with E-state index in [1.54, 1.807) is 30.3 Å². The van der Waals surface area contributed by atoms with Crippen molar-refractivity contribution in [2.75, 3.05) is 48.8 Å². The molecule has 0 radical (unpaired) electrons. The Hall–Kier alpha value is -4.49. The molecule has 13 heteroatoms. The summed E-state index contributed by atoms with van der Waals surface area (Å²) in [5.41, 5.74) is -3.03. The highest BCUT2D eigenvalue weighted by molar-refractivity contribution is 5.83. The molecule has 0 aliphatic carbocycles. The highest BCUT2D eigenvalue weighted by atomic mass is 19.4. The minimum atomic E-state index is -5.21. The van der Waals surface area contributed by atoms with Gasteiger partial charge in [-0.3, -0.25) is 4.79 Å². The Bertz CT molecular complexity index is 1530. The number of carbonyl (C=O) groups is 2. The van der Waals surface area contributed by atoms with Gasteiger partial charge in [-0.2, -0.15) is 13.2 Å². The molecule has 0 spiro atoms. The fourth-order valence-corrected chi connectivity index (χ4v) is 5.81. The van der Waals surface area contributed by atoms with Gasteiger partial charge in [0.15, 0.2) is 23.0 Å². The van der Waals surface area contributed by atoms with Crippen LogP contribution in [-0.4, -0.2) is 66.9 Å². The van der Waals surface area contributed by atoms with Crippen molar-refractivity contribution >= 4 is 11.9 Å². The molecular weight excluding hydrogens is 625 g/mol. The standard InChI is InChI=1S/C34H37F3O10/c1-20(38)45-18-24-25(19-46-30(24)21-12-14-26(40-2)28(16-21)42-4)31(22-13-15-27(41-3)29(17-22)43-5)47-32(39)33(44-6,34(35,36)37)23-10-8-7-9-11-23/h7-17,24-25,30-31H,18-19H2,1-6H3/t24-,25+,30+,31+,33-/m0/s1. The van der Waals surface area contributed by atoms with Crippen LogP contribution in [0.1, 0.15) is 35.8 Å². The first kappa shape index (κ1) is 35.4. The zero-order valence-corrected chi connectivity index (χ0v) is 26.8. The summed E-state index contributed by atoms with van der Waals surface area (Å²) in [5.74, 6) is -2.35. The van der Waals surface area contributed by atoms with Crippen LogP contribution in [0.25, 0.3) is 0 Å². The van der Waals surface area contributed by atoms with Crippen molar-refractivity contribution in [3.05, 3.63) is 83.4 Å². The van der Waals surface area contributed by atoms with Gasteiger partial charge in [0.2, 0.25) is 0 Å². The first-order valence-electron chi connectivity index (χ1n) is 14.5. The molecule has 47 heavy (non-hydrogen) atoms. The van der Waals surface area contributed by atoms with Crippen LogP contribution in [0.15, 0.2) is 66.7 Å². The Balaban J connectivity index is 1.86. The van der Waals surface area contributed by atoms with Crippen molar-refractivity contribution in [2.45, 2.75) is 30.9 Å². The van der Waals surface area contributed by atoms with Gasteiger partial charge in [0, 0.05) is 31.4 Å². The van der Waals surface area contributed by atoms with Crippen LogP contribution < -0.4 is 18.9 Å². The molecule has 254 valence electrons. The lowest BCUT2D eigenvalue weighted by Crippen LogP contribution is -2.52. The SMILES string of the molecule is COc1ccc([C@@H](OC(=O)[C@@](OC)(c2ccccc2)C(F)(F)F)[C@@H]2CO[C@H](c3ccc(OC)c(OC)c3)[C@H]2COC(C)=O)cc1OC. The van der Waals surface area contributed by atoms with E-state index in [1.807, 2.05) is 0 Å². The number of hydrogen-bond acceptors (Lipinski definition) is 10. The fourth-order valence-electron chi connectivity index (χ4n) is 5.81. The summed E-state index contributed by atoms with van der Waals surface area (Å²) in [4.78, 5) is 25.9. The molecule has 1 aliphatic heterocycles. The molecule has 1 fully saturated rings. The number of methoxy groups -OCH3 is 5. The second-order valence-corrected chi connectivity index (χ2v) is 10.7. The van der Waals surface area contributed by atoms with E-state index in [1.165, 1.54) is 59.6 Å². The number of alkyl halides is 3. The number of rotatable bonds is 13. The van der Waals surface area contributed by atoms with Crippen LogP contribution in [0.3, 0.4) is 0 Å². The molecule has 0 unspecified atom stereocenters. The number of halogens is 3. The normalized spacial score (nSPS) is 19.6. The van der Waals surface area contributed by atoms with Gasteiger partial charge < -0.3 is 37.9 Å². The predicted molar refractivity (Wildman–Crippen MR) is 161 cm³/mol. The summed E-state index contributed by atoms with van der Waals surface area (Å²) >= 11 is 0. The van der Waals surface area contributed by atoms with E-state index in [0.29, 0.717) is 22.8 Å².